The van der Waals surface area contributed by atoms with Crippen LogP contribution in [-0.2, 0) is 13.8 Å². The lowest BCUT2D eigenvalue weighted by atomic mass is 10.0. The smallest absolute Gasteiger partial charge is 0.390 e. The van der Waals surface area contributed by atoms with Gasteiger partial charge in [-0.1, -0.05) is 6.92 Å². The molecule has 5 unspecified atom stereocenters. The Bertz CT molecular complexity index is 860. The van der Waals surface area contributed by atoms with Crippen molar-refractivity contribution in [3.8, 4) is 0 Å². The van der Waals surface area contributed by atoms with Crippen molar-refractivity contribution in [1.82, 2.24) is 19.5 Å². The zero-order valence-corrected chi connectivity index (χ0v) is 13.5. The van der Waals surface area contributed by atoms with Crippen molar-refractivity contribution in [3.05, 3.63) is 16.7 Å². The van der Waals surface area contributed by atoms with Crippen LogP contribution in [0.5, 0.6) is 0 Å². The van der Waals surface area contributed by atoms with Crippen molar-refractivity contribution < 1.29 is 23.8 Å². The minimum Gasteiger partial charge on any atom is -0.390 e. The molecule has 0 aromatic carbocycles. The topological polar surface area (TPSA) is 192 Å². The maximum absolute atomic E-state index is 11.8. The molecule has 0 amide bonds. The average molecular weight is 360 g/mol. The molecule has 3 heterocycles. The van der Waals surface area contributed by atoms with Crippen molar-refractivity contribution in [2.75, 3.05) is 12.3 Å². The molecule has 1 fully saturated rings. The van der Waals surface area contributed by atoms with Gasteiger partial charge >= 0.3 is 7.75 Å². The molecule has 1 aliphatic rings. The first-order valence-electron chi connectivity index (χ1n) is 6.99. The van der Waals surface area contributed by atoms with Gasteiger partial charge in [-0.05, 0) is 0 Å². The van der Waals surface area contributed by atoms with Gasteiger partial charge in [0.2, 0.25) is 5.95 Å². The molecular weight excluding hydrogens is 343 g/mol. The molecule has 1 aliphatic heterocycles. The standard InChI is InChI=1S/C11H17N6O6P/c1-4-7(18)5(2-22-24(13,20)21)23-10(4)17-3-14-6-8(17)15-11(12)16-9(6)19/h3-5,7,10,18H,2H2,1H3,(H3,13,20,21)(H3,12,15,16,19). The van der Waals surface area contributed by atoms with E-state index in [4.69, 9.17) is 20.9 Å². The minimum absolute atomic E-state index is 0.0790. The molecule has 0 spiro atoms. The molecule has 7 N–H and O–H groups in total. The lowest BCUT2D eigenvalue weighted by Crippen LogP contribution is -2.29. The molecule has 5 atom stereocenters. The Labute approximate surface area is 135 Å². The van der Waals surface area contributed by atoms with E-state index in [0.717, 1.165) is 0 Å². The fourth-order valence-corrected chi connectivity index (χ4v) is 3.02. The Morgan fingerprint density at radius 2 is 2.29 bits per heavy atom. The molecule has 13 heteroatoms. The second-order valence-electron chi connectivity index (χ2n) is 5.55. The third-order valence-corrected chi connectivity index (χ3v) is 4.35. The Morgan fingerprint density at radius 3 is 2.96 bits per heavy atom. The number of aromatic nitrogens is 4. The number of aliphatic hydroxyl groups is 1. The number of nitrogens with zero attached hydrogens (tertiary/aromatic N) is 3. The van der Waals surface area contributed by atoms with Crippen molar-refractivity contribution in [1.29, 1.82) is 0 Å². The number of hydrogen-bond acceptors (Lipinski definition) is 8. The van der Waals surface area contributed by atoms with E-state index in [1.807, 2.05) is 0 Å². The summed E-state index contributed by atoms with van der Waals surface area (Å²) in [6, 6.07) is 0. The summed E-state index contributed by atoms with van der Waals surface area (Å²) in [6.07, 6.45) is -1.24. The van der Waals surface area contributed by atoms with E-state index < -0.39 is 37.7 Å². The first-order chi connectivity index (χ1) is 11.2. The van der Waals surface area contributed by atoms with E-state index in [-0.39, 0.29) is 23.7 Å². The number of H-pyrrole nitrogens is 1. The quantitative estimate of drug-likeness (QED) is 0.408. The highest BCUT2D eigenvalue weighted by Gasteiger charge is 2.43. The van der Waals surface area contributed by atoms with Gasteiger partial charge in [-0.15, -0.1) is 0 Å². The van der Waals surface area contributed by atoms with Crippen molar-refractivity contribution in [2.45, 2.75) is 25.4 Å². The lowest BCUT2D eigenvalue weighted by molar-refractivity contribution is -0.0412. The zero-order chi connectivity index (χ0) is 17.6. The normalized spacial score (nSPS) is 29.8. The summed E-state index contributed by atoms with van der Waals surface area (Å²) >= 11 is 0. The SMILES string of the molecule is CC1C(O)C(COP(N)(=O)O)OC1n1cnc2c(=O)[nH]c(N)nc21. The fraction of sp³-hybridized carbons (Fsp3) is 0.545. The maximum Gasteiger partial charge on any atom is 0.400 e. The molecule has 0 bridgehead atoms. The van der Waals surface area contributed by atoms with Gasteiger partial charge in [0, 0.05) is 5.92 Å². The van der Waals surface area contributed by atoms with Gasteiger partial charge in [-0.3, -0.25) is 18.9 Å². The van der Waals surface area contributed by atoms with Crippen LogP contribution < -0.4 is 16.8 Å². The summed E-state index contributed by atoms with van der Waals surface area (Å²) in [7, 11) is -4.18. The number of ether oxygens (including phenoxy) is 1. The van der Waals surface area contributed by atoms with E-state index in [9.17, 15) is 14.5 Å². The molecular formula is C11H17N6O6P. The largest absolute Gasteiger partial charge is 0.400 e. The van der Waals surface area contributed by atoms with Crippen LogP contribution in [0.4, 0.5) is 5.95 Å². The monoisotopic (exact) mass is 360 g/mol. The third kappa shape index (κ3) is 3.07. The highest BCUT2D eigenvalue weighted by atomic mass is 31.2. The number of nitrogens with two attached hydrogens (primary N) is 2. The predicted molar refractivity (Wildman–Crippen MR) is 81.6 cm³/mol. The van der Waals surface area contributed by atoms with Gasteiger partial charge < -0.3 is 20.5 Å². The summed E-state index contributed by atoms with van der Waals surface area (Å²) in [5.74, 6) is -0.515. The fourth-order valence-electron chi connectivity index (χ4n) is 2.66. The molecule has 132 valence electrons. The number of hydrogen-bond donors (Lipinski definition) is 5. The number of imidazole rings is 1. The van der Waals surface area contributed by atoms with Gasteiger partial charge in [0.15, 0.2) is 11.2 Å². The summed E-state index contributed by atoms with van der Waals surface area (Å²) in [5.41, 5.74) is 10.2. The van der Waals surface area contributed by atoms with Gasteiger partial charge in [0.1, 0.15) is 12.3 Å². The Hall–Kier alpha value is -1.82. The second-order valence-corrected chi connectivity index (χ2v) is 6.94. The van der Waals surface area contributed by atoms with E-state index in [1.54, 1.807) is 6.92 Å². The van der Waals surface area contributed by atoms with Crippen LogP contribution in [0.2, 0.25) is 0 Å². The summed E-state index contributed by atoms with van der Waals surface area (Å²) in [5, 5.41) is 10.2. The van der Waals surface area contributed by atoms with Gasteiger partial charge in [0.05, 0.1) is 19.0 Å². The van der Waals surface area contributed by atoms with Crippen LogP contribution in [0.3, 0.4) is 0 Å². The maximum atomic E-state index is 11.8. The van der Waals surface area contributed by atoms with Crippen molar-refractivity contribution in [2.24, 2.45) is 11.4 Å². The number of aliphatic hydroxyl groups excluding tert-OH is 1. The zero-order valence-electron chi connectivity index (χ0n) is 12.6. The predicted octanol–water partition coefficient (Wildman–Crippen LogP) is -1.33. The summed E-state index contributed by atoms with van der Waals surface area (Å²) in [4.78, 5) is 31.1. The number of nitrogens with one attached hydrogen (secondary N) is 1. The van der Waals surface area contributed by atoms with Gasteiger partial charge in [-0.2, -0.15) is 4.98 Å². The van der Waals surface area contributed by atoms with E-state index >= 15 is 0 Å². The molecule has 2 aromatic heterocycles. The molecule has 0 saturated carbocycles. The number of rotatable bonds is 4. The van der Waals surface area contributed by atoms with Crippen LogP contribution >= 0.6 is 7.75 Å². The van der Waals surface area contributed by atoms with Crippen LogP contribution in [0, 0.1) is 5.92 Å². The average Bonchev–Trinajstić information content (AvgIpc) is 3.00. The van der Waals surface area contributed by atoms with Crippen molar-refractivity contribution in [3.63, 3.8) is 0 Å². The Morgan fingerprint density at radius 1 is 1.58 bits per heavy atom. The number of nitrogen functional groups attached to an aromatic ring is 1. The number of aromatic amines is 1. The first-order valence-corrected chi connectivity index (χ1v) is 8.64. The van der Waals surface area contributed by atoms with Crippen LogP contribution in [-0.4, -0.2) is 48.3 Å². The highest BCUT2D eigenvalue weighted by Crippen LogP contribution is 2.38. The molecule has 0 aliphatic carbocycles. The second kappa shape index (κ2) is 5.92. The van der Waals surface area contributed by atoms with Crippen LogP contribution in [0.15, 0.2) is 11.1 Å². The van der Waals surface area contributed by atoms with E-state index in [1.165, 1.54) is 10.9 Å². The van der Waals surface area contributed by atoms with Crippen molar-refractivity contribution >= 4 is 24.9 Å². The number of fused-ring (bicyclic) bond motifs is 1. The van der Waals surface area contributed by atoms with Gasteiger partial charge in [-0.25, -0.2) is 15.1 Å². The van der Waals surface area contributed by atoms with Crippen LogP contribution in [0.25, 0.3) is 11.2 Å². The lowest BCUT2D eigenvalue weighted by Gasteiger charge is -2.17. The minimum atomic E-state index is -4.18. The summed E-state index contributed by atoms with van der Waals surface area (Å²) < 4.78 is 22.8. The van der Waals surface area contributed by atoms with E-state index in [0.29, 0.717) is 0 Å². The molecule has 2 aromatic rings. The molecule has 1 saturated heterocycles. The Kier molecular flexibility index (Phi) is 4.20. The molecule has 3 rings (SSSR count). The Balaban J connectivity index is 1.90. The third-order valence-electron chi connectivity index (χ3n) is 3.83. The molecule has 0 radical (unpaired) electrons. The highest BCUT2D eigenvalue weighted by molar-refractivity contribution is 7.50. The number of anilines is 1. The van der Waals surface area contributed by atoms with Gasteiger partial charge in [0.25, 0.3) is 5.56 Å². The first kappa shape index (κ1) is 17.0. The van der Waals surface area contributed by atoms with E-state index in [2.05, 4.69) is 19.5 Å². The molecule has 12 nitrogen and oxygen atoms in total. The molecule has 24 heavy (non-hydrogen) atoms. The summed E-state index contributed by atoms with van der Waals surface area (Å²) in [6.45, 7) is 1.34. The van der Waals surface area contributed by atoms with Crippen LogP contribution in [0.1, 0.15) is 13.2 Å².